The molecular weight excluding hydrogens is 330 g/mol. The predicted octanol–water partition coefficient (Wildman–Crippen LogP) is 5.16. The molecule has 2 aromatic rings. The van der Waals surface area contributed by atoms with E-state index >= 15 is 0 Å². The number of benzene rings is 2. The lowest BCUT2D eigenvalue weighted by molar-refractivity contribution is 0.680. The zero-order valence-electron chi connectivity index (χ0n) is 11.5. The molecule has 1 saturated carbocycles. The maximum Gasteiger partial charge on any atom is 0.0219 e. The molecule has 1 fully saturated rings. The highest BCUT2D eigenvalue weighted by Gasteiger charge is 2.20. The maximum absolute atomic E-state index is 3.61. The molecule has 104 valence electrons. The Morgan fingerprint density at radius 1 is 1.15 bits per heavy atom. The fraction of sp³-hybridized carbons (Fsp3) is 0.294. The van der Waals surface area contributed by atoms with Gasteiger partial charge in [0.25, 0.3) is 0 Å². The second-order valence-corrected chi connectivity index (χ2v) is 7.35. The van der Waals surface area contributed by atoms with Crippen molar-refractivity contribution in [3.05, 3.63) is 58.1 Å². The van der Waals surface area contributed by atoms with Crippen LogP contribution in [0.3, 0.4) is 0 Å². The molecule has 3 rings (SSSR count). The minimum absolute atomic E-state index is 0.751. The Hall–Kier alpha value is -0.770. The fourth-order valence-electron chi connectivity index (χ4n) is 2.12. The summed E-state index contributed by atoms with van der Waals surface area (Å²) < 4.78 is 1.13. The summed E-state index contributed by atoms with van der Waals surface area (Å²) in [5.41, 5.74) is 2.74. The largest absolute Gasteiger partial charge is 0.310 e. The Kier molecular flexibility index (Phi) is 4.49. The third-order valence-corrected chi connectivity index (χ3v) is 5.07. The van der Waals surface area contributed by atoms with Crippen LogP contribution < -0.4 is 5.32 Å². The molecule has 0 aliphatic heterocycles. The zero-order valence-corrected chi connectivity index (χ0v) is 13.9. The summed E-state index contributed by atoms with van der Waals surface area (Å²) in [4.78, 5) is 2.63. The quantitative estimate of drug-likeness (QED) is 0.801. The standard InChI is InChI=1S/C17H18BrNS/c1-12-2-9-17(13(10-12)11-19-15-5-6-15)20-16-7-3-14(18)4-8-16/h2-4,7-10,15,19H,5-6,11H2,1H3. The monoisotopic (exact) mass is 347 g/mol. The average Bonchev–Trinajstić information content (AvgIpc) is 3.25. The number of nitrogens with one attached hydrogen (secondary N) is 1. The number of aryl methyl sites for hydroxylation is 1. The molecule has 0 radical (unpaired) electrons. The molecular formula is C17H18BrNS. The predicted molar refractivity (Wildman–Crippen MR) is 89.3 cm³/mol. The van der Waals surface area contributed by atoms with Gasteiger partial charge in [-0.3, -0.25) is 0 Å². The first-order valence-electron chi connectivity index (χ1n) is 6.97. The van der Waals surface area contributed by atoms with Gasteiger partial charge in [-0.1, -0.05) is 45.4 Å². The topological polar surface area (TPSA) is 12.0 Å². The Morgan fingerprint density at radius 3 is 2.60 bits per heavy atom. The van der Waals surface area contributed by atoms with Crippen LogP contribution in [0.1, 0.15) is 24.0 Å². The van der Waals surface area contributed by atoms with Crippen LogP contribution >= 0.6 is 27.7 Å². The van der Waals surface area contributed by atoms with Gasteiger partial charge in [0, 0.05) is 26.9 Å². The van der Waals surface area contributed by atoms with Crippen LogP contribution in [0.15, 0.2) is 56.7 Å². The summed E-state index contributed by atoms with van der Waals surface area (Å²) in [7, 11) is 0. The molecule has 1 aliphatic rings. The molecule has 0 amide bonds. The van der Waals surface area contributed by atoms with Crippen molar-refractivity contribution in [1.29, 1.82) is 0 Å². The highest BCUT2D eigenvalue weighted by molar-refractivity contribution is 9.10. The first-order valence-corrected chi connectivity index (χ1v) is 8.58. The fourth-order valence-corrected chi connectivity index (χ4v) is 3.31. The van der Waals surface area contributed by atoms with E-state index in [0.29, 0.717) is 0 Å². The van der Waals surface area contributed by atoms with Gasteiger partial charge in [-0.25, -0.2) is 0 Å². The van der Waals surface area contributed by atoms with Crippen LogP contribution in [0.4, 0.5) is 0 Å². The van der Waals surface area contributed by atoms with Crippen LogP contribution in [0.5, 0.6) is 0 Å². The second kappa shape index (κ2) is 6.33. The Balaban J connectivity index is 1.77. The van der Waals surface area contributed by atoms with Gasteiger partial charge >= 0.3 is 0 Å². The van der Waals surface area contributed by atoms with Crippen LogP contribution in [-0.2, 0) is 6.54 Å². The van der Waals surface area contributed by atoms with E-state index in [1.165, 1.54) is 33.8 Å². The Morgan fingerprint density at radius 2 is 1.90 bits per heavy atom. The second-order valence-electron chi connectivity index (χ2n) is 5.32. The number of hydrogen-bond donors (Lipinski definition) is 1. The molecule has 0 heterocycles. The van der Waals surface area contributed by atoms with Gasteiger partial charge in [0.2, 0.25) is 0 Å². The van der Waals surface area contributed by atoms with Crippen molar-refractivity contribution in [2.75, 3.05) is 0 Å². The van der Waals surface area contributed by atoms with Crippen molar-refractivity contribution in [2.24, 2.45) is 0 Å². The third-order valence-electron chi connectivity index (χ3n) is 3.42. The molecule has 3 heteroatoms. The van der Waals surface area contributed by atoms with Gasteiger partial charge in [0.1, 0.15) is 0 Å². The van der Waals surface area contributed by atoms with Crippen molar-refractivity contribution in [3.8, 4) is 0 Å². The summed E-state index contributed by atoms with van der Waals surface area (Å²) in [6.07, 6.45) is 2.67. The van der Waals surface area contributed by atoms with Crippen LogP contribution in [0.25, 0.3) is 0 Å². The van der Waals surface area contributed by atoms with Gasteiger partial charge in [-0.2, -0.15) is 0 Å². The van der Waals surface area contributed by atoms with E-state index < -0.39 is 0 Å². The van der Waals surface area contributed by atoms with Crippen LogP contribution in [0, 0.1) is 6.92 Å². The molecule has 1 nitrogen and oxygen atoms in total. The highest BCUT2D eigenvalue weighted by atomic mass is 79.9. The summed E-state index contributed by atoms with van der Waals surface area (Å²) in [5.74, 6) is 0. The molecule has 20 heavy (non-hydrogen) atoms. The van der Waals surface area contributed by atoms with E-state index in [9.17, 15) is 0 Å². The third kappa shape index (κ3) is 3.87. The highest BCUT2D eigenvalue weighted by Crippen LogP contribution is 2.32. The molecule has 0 spiro atoms. The molecule has 0 atom stereocenters. The molecule has 0 unspecified atom stereocenters. The molecule has 1 N–H and O–H groups in total. The number of halogens is 1. The SMILES string of the molecule is Cc1ccc(Sc2ccc(Br)cc2)c(CNC2CC2)c1. The smallest absolute Gasteiger partial charge is 0.0219 e. The summed E-state index contributed by atoms with van der Waals surface area (Å²) in [5, 5.41) is 3.61. The van der Waals surface area contributed by atoms with E-state index in [-0.39, 0.29) is 0 Å². The van der Waals surface area contributed by atoms with Gasteiger partial charge in [0.15, 0.2) is 0 Å². The van der Waals surface area contributed by atoms with E-state index in [0.717, 1.165) is 17.1 Å². The number of rotatable bonds is 5. The molecule has 2 aromatic carbocycles. The van der Waals surface area contributed by atoms with Crippen molar-refractivity contribution < 1.29 is 0 Å². The lowest BCUT2D eigenvalue weighted by Crippen LogP contribution is -2.15. The van der Waals surface area contributed by atoms with Crippen molar-refractivity contribution in [3.63, 3.8) is 0 Å². The first kappa shape index (κ1) is 14.2. The van der Waals surface area contributed by atoms with Crippen LogP contribution in [0.2, 0.25) is 0 Å². The zero-order chi connectivity index (χ0) is 13.9. The molecule has 0 bridgehead atoms. The Labute approximate surface area is 133 Å². The van der Waals surface area contributed by atoms with Crippen molar-refractivity contribution in [2.45, 2.75) is 42.1 Å². The van der Waals surface area contributed by atoms with E-state index in [1.54, 1.807) is 0 Å². The van der Waals surface area contributed by atoms with Gasteiger partial charge in [-0.15, -0.1) is 0 Å². The van der Waals surface area contributed by atoms with Gasteiger partial charge in [-0.05, 0) is 55.7 Å². The lowest BCUT2D eigenvalue weighted by Gasteiger charge is -2.11. The van der Waals surface area contributed by atoms with Crippen LogP contribution in [-0.4, -0.2) is 6.04 Å². The molecule has 1 aliphatic carbocycles. The number of hydrogen-bond acceptors (Lipinski definition) is 2. The van der Waals surface area contributed by atoms with E-state index in [1.807, 2.05) is 11.8 Å². The minimum Gasteiger partial charge on any atom is -0.310 e. The van der Waals surface area contributed by atoms with Crippen molar-refractivity contribution in [1.82, 2.24) is 5.32 Å². The lowest BCUT2D eigenvalue weighted by atomic mass is 10.1. The summed E-state index contributed by atoms with van der Waals surface area (Å²) in [6.45, 7) is 3.14. The van der Waals surface area contributed by atoms with E-state index in [2.05, 4.69) is 70.6 Å². The van der Waals surface area contributed by atoms with Crippen molar-refractivity contribution >= 4 is 27.7 Å². The summed E-state index contributed by atoms with van der Waals surface area (Å²) in [6, 6.07) is 16.0. The van der Waals surface area contributed by atoms with Gasteiger partial charge in [0.05, 0.1) is 0 Å². The minimum atomic E-state index is 0.751. The molecule has 0 aromatic heterocycles. The summed E-state index contributed by atoms with van der Waals surface area (Å²) >= 11 is 5.33. The maximum atomic E-state index is 3.61. The van der Waals surface area contributed by atoms with Gasteiger partial charge < -0.3 is 5.32 Å². The average molecular weight is 348 g/mol. The first-order chi connectivity index (χ1) is 9.70. The molecule has 0 saturated heterocycles. The van der Waals surface area contributed by atoms with E-state index in [4.69, 9.17) is 0 Å². The normalized spacial score (nSPS) is 14.5. The Bertz CT molecular complexity index is 590.